The summed E-state index contributed by atoms with van der Waals surface area (Å²) in [4.78, 5) is 2.82. The van der Waals surface area contributed by atoms with E-state index in [0.717, 1.165) is 12.5 Å². The molecule has 82 valence electrons. The van der Waals surface area contributed by atoms with Gasteiger partial charge in [0.25, 0.3) is 0 Å². The number of benzene rings is 1. The fraction of sp³-hybridized carbons (Fsp3) is 0.500. The number of rotatable bonds is 3. The van der Waals surface area contributed by atoms with E-state index in [4.69, 9.17) is 0 Å². The quantitative estimate of drug-likeness (QED) is 0.814. The Bertz CT molecular complexity index is 332. The van der Waals surface area contributed by atoms with Gasteiger partial charge in [-0.2, -0.15) is 0 Å². The Morgan fingerprint density at radius 1 is 1.27 bits per heavy atom. The van der Waals surface area contributed by atoms with Crippen molar-refractivity contribution < 1.29 is 0 Å². The van der Waals surface area contributed by atoms with Crippen molar-refractivity contribution in [2.24, 2.45) is 0 Å². The van der Waals surface area contributed by atoms with Crippen molar-refractivity contribution in [1.29, 1.82) is 0 Å². The summed E-state index contributed by atoms with van der Waals surface area (Å²) in [6, 6.07) is 6.89. The summed E-state index contributed by atoms with van der Waals surface area (Å²) in [6.45, 7) is 2.31. The molecule has 2 rings (SSSR count). The highest BCUT2D eigenvalue weighted by Gasteiger charge is 2.19. The number of thioether (sulfide) groups is 2. The van der Waals surface area contributed by atoms with Crippen LogP contribution in [0.2, 0.25) is 0 Å². The van der Waals surface area contributed by atoms with Gasteiger partial charge in [-0.05, 0) is 49.1 Å². The van der Waals surface area contributed by atoms with E-state index in [1.165, 1.54) is 28.3 Å². The molecule has 1 atom stereocenters. The largest absolute Gasteiger partial charge is 0.316 e. The molecular weight excluding hydrogens is 222 g/mol. The third-order valence-electron chi connectivity index (χ3n) is 2.94. The van der Waals surface area contributed by atoms with Gasteiger partial charge in [-0.1, -0.05) is 6.07 Å². The lowest BCUT2D eigenvalue weighted by atomic mass is 9.98. The zero-order valence-electron chi connectivity index (χ0n) is 9.25. The van der Waals surface area contributed by atoms with Crippen molar-refractivity contribution in [3.05, 3.63) is 23.8 Å². The second-order valence-electron chi connectivity index (χ2n) is 3.80. The van der Waals surface area contributed by atoms with E-state index in [2.05, 4.69) is 36.0 Å². The summed E-state index contributed by atoms with van der Waals surface area (Å²) < 4.78 is 0. The maximum atomic E-state index is 3.44. The van der Waals surface area contributed by atoms with Crippen molar-refractivity contribution in [3.8, 4) is 0 Å². The molecule has 1 nitrogen and oxygen atoms in total. The SMILES string of the molecule is CSc1ccc(C2CCNC2)c(SC)c1. The van der Waals surface area contributed by atoms with Gasteiger partial charge in [-0.3, -0.25) is 0 Å². The van der Waals surface area contributed by atoms with Gasteiger partial charge in [0.1, 0.15) is 0 Å². The summed E-state index contributed by atoms with van der Waals surface area (Å²) in [5.41, 5.74) is 1.53. The molecule has 1 N–H and O–H groups in total. The smallest absolute Gasteiger partial charge is 0.0116 e. The molecule has 1 aromatic rings. The Labute approximate surface area is 100 Å². The first kappa shape index (κ1) is 11.4. The second kappa shape index (κ2) is 5.28. The van der Waals surface area contributed by atoms with E-state index in [1.54, 1.807) is 0 Å². The minimum absolute atomic E-state index is 0.725. The summed E-state index contributed by atoms with van der Waals surface area (Å²) >= 11 is 3.69. The summed E-state index contributed by atoms with van der Waals surface area (Å²) in [5, 5.41) is 3.44. The number of hydrogen-bond donors (Lipinski definition) is 1. The first-order valence-electron chi connectivity index (χ1n) is 5.28. The third kappa shape index (κ3) is 2.52. The standard InChI is InChI=1S/C12H17NS2/c1-14-10-3-4-11(12(7-10)15-2)9-5-6-13-8-9/h3-4,7,9,13H,5-6,8H2,1-2H3. The molecule has 1 aliphatic rings. The van der Waals surface area contributed by atoms with Crippen molar-refractivity contribution in [3.63, 3.8) is 0 Å². The molecule has 1 aliphatic heterocycles. The molecule has 1 heterocycles. The summed E-state index contributed by atoms with van der Waals surface area (Å²) in [7, 11) is 0. The molecule has 0 spiro atoms. The summed E-state index contributed by atoms with van der Waals surface area (Å²) in [5.74, 6) is 0.725. The Morgan fingerprint density at radius 3 is 2.73 bits per heavy atom. The highest BCUT2D eigenvalue weighted by Crippen LogP contribution is 2.33. The van der Waals surface area contributed by atoms with E-state index in [-0.39, 0.29) is 0 Å². The van der Waals surface area contributed by atoms with Crippen LogP contribution in [0.1, 0.15) is 17.9 Å². The van der Waals surface area contributed by atoms with E-state index in [9.17, 15) is 0 Å². The number of nitrogens with one attached hydrogen (secondary N) is 1. The predicted molar refractivity (Wildman–Crippen MR) is 70.2 cm³/mol. The molecule has 0 saturated carbocycles. The normalized spacial score (nSPS) is 20.8. The lowest BCUT2D eigenvalue weighted by Crippen LogP contribution is -2.08. The molecule has 1 aromatic carbocycles. The highest BCUT2D eigenvalue weighted by molar-refractivity contribution is 7.99. The van der Waals surface area contributed by atoms with Gasteiger partial charge in [-0.15, -0.1) is 23.5 Å². The van der Waals surface area contributed by atoms with Crippen molar-refractivity contribution in [2.45, 2.75) is 22.1 Å². The van der Waals surface area contributed by atoms with Crippen LogP contribution in [-0.4, -0.2) is 25.6 Å². The van der Waals surface area contributed by atoms with E-state index >= 15 is 0 Å². The van der Waals surface area contributed by atoms with E-state index in [1.807, 2.05) is 23.5 Å². The molecule has 0 bridgehead atoms. The van der Waals surface area contributed by atoms with Crippen molar-refractivity contribution in [1.82, 2.24) is 5.32 Å². The van der Waals surface area contributed by atoms with Crippen molar-refractivity contribution >= 4 is 23.5 Å². The third-order valence-corrected chi connectivity index (χ3v) is 4.46. The van der Waals surface area contributed by atoms with Gasteiger partial charge in [-0.25, -0.2) is 0 Å². The van der Waals surface area contributed by atoms with Crippen LogP contribution in [0, 0.1) is 0 Å². The Balaban J connectivity index is 2.29. The molecule has 15 heavy (non-hydrogen) atoms. The molecule has 0 radical (unpaired) electrons. The Hall–Kier alpha value is -0.120. The lowest BCUT2D eigenvalue weighted by molar-refractivity contribution is 0.746. The average molecular weight is 239 g/mol. The van der Waals surface area contributed by atoms with Crippen LogP contribution in [0.4, 0.5) is 0 Å². The zero-order chi connectivity index (χ0) is 10.7. The van der Waals surface area contributed by atoms with Crippen LogP contribution >= 0.6 is 23.5 Å². The molecule has 1 unspecified atom stereocenters. The average Bonchev–Trinajstić information content (AvgIpc) is 2.81. The number of hydrogen-bond acceptors (Lipinski definition) is 3. The van der Waals surface area contributed by atoms with Crippen LogP contribution < -0.4 is 5.32 Å². The van der Waals surface area contributed by atoms with Crippen LogP contribution in [0.25, 0.3) is 0 Å². The topological polar surface area (TPSA) is 12.0 Å². The molecule has 1 fully saturated rings. The van der Waals surface area contributed by atoms with Gasteiger partial charge in [0, 0.05) is 16.3 Å². The van der Waals surface area contributed by atoms with Crippen LogP contribution in [0.3, 0.4) is 0 Å². The van der Waals surface area contributed by atoms with Crippen molar-refractivity contribution in [2.75, 3.05) is 25.6 Å². The second-order valence-corrected chi connectivity index (χ2v) is 5.53. The van der Waals surface area contributed by atoms with Gasteiger partial charge in [0.15, 0.2) is 0 Å². The maximum Gasteiger partial charge on any atom is 0.0116 e. The Kier molecular flexibility index (Phi) is 4.00. The molecule has 0 amide bonds. The Morgan fingerprint density at radius 2 is 2.13 bits per heavy atom. The predicted octanol–water partition coefficient (Wildman–Crippen LogP) is 3.21. The highest BCUT2D eigenvalue weighted by atomic mass is 32.2. The van der Waals surface area contributed by atoms with Gasteiger partial charge in [0.05, 0.1) is 0 Å². The molecule has 0 aromatic heterocycles. The monoisotopic (exact) mass is 239 g/mol. The van der Waals surface area contributed by atoms with Crippen LogP contribution in [-0.2, 0) is 0 Å². The lowest BCUT2D eigenvalue weighted by Gasteiger charge is -2.14. The first-order valence-corrected chi connectivity index (χ1v) is 7.72. The van der Waals surface area contributed by atoms with Crippen LogP contribution in [0.15, 0.2) is 28.0 Å². The maximum absolute atomic E-state index is 3.44. The molecule has 3 heteroatoms. The zero-order valence-corrected chi connectivity index (χ0v) is 10.9. The summed E-state index contributed by atoms with van der Waals surface area (Å²) in [6.07, 6.45) is 5.59. The first-order chi connectivity index (χ1) is 7.35. The molecule has 1 saturated heterocycles. The van der Waals surface area contributed by atoms with E-state index < -0.39 is 0 Å². The van der Waals surface area contributed by atoms with E-state index in [0.29, 0.717) is 0 Å². The molecule has 0 aliphatic carbocycles. The fourth-order valence-electron chi connectivity index (χ4n) is 2.08. The minimum Gasteiger partial charge on any atom is -0.316 e. The fourth-order valence-corrected chi connectivity index (χ4v) is 3.31. The van der Waals surface area contributed by atoms with Gasteiger partial charge < -0.3 is 5.32 Å². The minimum atomic E-state index is 0.725. The molecular formula is C12H17NS2. The van der Waals surface area contributed by atoms with Crippen LogP contribution in [0.5, 0.6) is 0 Å². The van der Waals surface area contributed by atoms with Gasteiger partial charge in [0.2, 0.25) is 0 Å². The van der Waals surface area contributed by atoms with Gasteiger partial charge >= 0.3 is 0 Å².